The van der Waals surface area contributed by atoms with Crippen molar-refractivity contribution < 1.29 is 23.9 Å². The van der Waals surface area contributed by atoms with Crippen molar-refractivity contribution >= 4 is 35.2 Å². The van der Waals surface area contributed by atoms with Crippen LogP contribution >= 0.6 is 0 Å². The number of aryl methyl sites for hydroxylation is 2. The molecule has 0 saturated heterocycles. The topological polar surface area (TPSA) is 105 Å². The summed E-state index contributed by atoms with van der Waals surface area (Å²) in [6, 6.07) is 17.7. The molecule has 8 nitrogen and oxygen atoms in total. The van der Waals surface area contributed by atoms with Gasteiger partial charge in [0.15, 0.2) is 0 Å². The number of rotatable bonds is 7. The van der Waals surface area contributed by atoms with Crippen LogP contribution in [0.3, 0.4) is 0 Å². The van der Waals surface area contributed by atoms with Crippen LogP contribution in [0.2, 0.25) is 0 Å². The number of imide groups is 1. The fourth-order valence-electron chi connectivity index (χ4n) is 4.25. The smallest absolute Gasteiger partial charge is 0.323 e. The maximum absolute atomic E-state index is 13.0. The summed E-state index contributed by atoms with van der Waals surface area (Å²) in [6.45, 7) is 5.79. The largest absolute Gasteiger partial charge is 0.469 e. The number of methoxy groups -OCH3 is 1. The predicted molar refractivity (Wildman–Crippen MR) is 142 cm³/mol. The summed E-state index contributed by atoms with van der Waals surface area (Å²) < 4.78 is 4.79. The quantitative estimate of drug-likeness (QED) is 0.334. The van der Waals surface area contributed by atoms with E-state index in [1.54, 1.807) is 30.3 Å². The maximum Gasteiger partial charge on any atom is 0.323 e. The molecule has 0 saturated carbocycles. The van der Waals surface area contributed by atoms with Crippen LogP contribution in [-0.2, 0) is 9.53 Å². The predicted octanol–water partition coefficient (Wildman–Crippen LogP) is 5.41. The first-order valence-electron chi connectivity index (χ1n) is 12.1. The Labute approximate surface area is 215 Å². The van der Waals surface area contributed by atoms with Crippen molar-refractivity contribution in [3.8, 4) is 11.1 Å². The number of hydrogen-bond acceptors (Lipinski definition) is 5. The number of fused-ring (bicyclic) bond motifs is 1. The average Bonchev–Trinajstić information content (AvgIpc) is 3.13. The van der Waals surface area contributed by atoms with Gasteiger partial charge in [0.05, 0.1) is 24.2 Å². The second-order valence-corrected chi connectivity index (χ2v) is 9.07. The van der Waals surface area contributed by atoms with Crippen LogP contribution < -0.4 is 10.6 Å². The lowest BCUT2D eigenvalue weighted by molar-refractivity contribution is -0.145. The van der Waals surface area contributed by atoms with Crippen molar-refractivity contribution in [1.29, 1.82) is 0 Å². The highest BCUT2D eigenvalue weighted by Crippen LogP contribution is 2.30. The van der Waals surface area contributed by atoms with Gasteiger partial charge < -0.3 is 15.4 Å². The van der Waals surface area contributed by atoms with Crippen LogP contribution in [0.25, 0.3) is 11.1 Å². The standard InChI is InChI=1S/C29H29N3O5/c1-5-19(28(35)37-4)16-32-26(33)24-13-9-21(15-25(24)27(32)34)20-7-11-22(12-8-20)30-29(36)31-23-10-6-17(2)18(3)14-23/h6-15,19H,5,16H2,1-4H3,(H2,30,31,36). The minimum Gasteiger partial charge on any atom is -0.469 e. The summed E-state index contributed by atoms with van der Waals surface area (Å²) in [4.78, 5) is 51.3. The lowest BCUT2D eigenvalue weighted by Crippen LogP contribution is -2.37. The van der Waals surface area contributed by atoms with E-state index in [1.165, 1.54) is 7.11 Å². The van der Waals surface area contributed by atoms with Crippen molar-refractivity contribution in [2.24, 2.45) is 5.92 Å². The highest BCUT2D eigenvalue weighted by Gasteiger charge is 2.38. The molecule has 1 aliphatic rings. The molecule has 0 spiro atoms. The van der Waals surface area contributed by atoms with Gasteiger partial charge in [-0.25, -0.2) is 4.79 Å². The molecule has 3 aromatic carbocycles. The zero-order valence-electron chi connectivity index (χ0n) is 21.3. The van der Waals surface area contributed by atoms with Gasteiger partial charge in [-0.05, 0) is 78.9 Å². The molecule has 8 heteroatoms. The Kier molecular flexibility index (Phi) is 7.38. The molecule has 0 fully saturated rings. The van der Waals surface area contributed by atoms with Gasteiger partial charge in [-0.2, -0.15) is 0 Å². The summed E-state index contributed by atoms with van der Waals surface area (Å²) >= 11 is 0. The molecule has 0 bridgehead atoms. The summed E-state index contributed by atoms with van der Waals surface area (Å²) in [6.07, 6.45) is 0.453. The van der Waals surface area contributed by atoms with Crippen molar-refractivity contribution in [2.75, 3.05) is 24.3 Å². The average molecular weight is 500 g/mol. The lowest BCUT2D eigenvalue weighted by atomic mass is 10.00. The van der Waals surface area contributed by atoms with Gasteiger partial charge in [-0.1, -0.05) is 31.2 Å². The highest BCUT2D eigenvalue weighted by molar-refractivity contribution is 6.22. The van der Waals surface area contributed by atoms with Crippen molar-refractivity contribution in [3.63, 3.8) is 0 Å². The van der Waals surface area contributed by atoms with E-state index in [0.717, 1.165) is 27.2 Å². The van der Waals surface area contributed by atoms with Crippen LogP contribution in [0.4, 0.5) is 16.2 Å². The third-order valence-electron chi connectivity index (χ3n) is 6.64. The van der Waals surface area contributed by atoms with E-state index < -0.39 is 23.7 Å². The van der Waals surface area contributed by atoms with Gasteiger partial charge in [-0.15, -0.1) is 0 Å². The van der Waals surface area contributed by atoms with E-state index in [9.17, 15) is 19.2 Å². The Morgan fingerprint density at radius 2 is 1.43 bits per heavy atom. The third-order valence-corrected chi connectivity index (χ3v) is 6.64. The first-order chi connectivity index (χ1) is 17.7. The minimum atomic E-state index is -0.570. The van der Waals surface area contributed by atoms with Crippen molar-refractivity contribution in [3.05, 3.63) is 82.9 Å². The second kappa shape index (κ2) is 10.7. The zero-order chi connectivity index (χ0) is 26.7. The third kappa shape index (κ3) is 5.38. The lowest BCUT2D eigenvalue weighted by Gasteiger charge is -2.19. The molecule has 4 amide bonds. The number of urea groups is 1. The minimum absolute atomic E-state index is 0.0184. The monoisotopic (exact) mass is 499 g/mol. The molecule has 190 valence electrons. The fourth-order valence-corrected chi connectivity index (χ4v) is 4.25. The van der Waals surface area contributed by atoms with Crippen LogP contribution in [-0.4, -0.2) is 42.4 Å². The fraction of sp³-hybridized carbons (Fsp3) is 0.241. The van der Waals surface area contributed by atoms with Gasteiger partial charge >= 0.3 is 12.0 Å². The molecule has 0 radical (unpaired) electrons. The Hall–Kier alpha value is -4.46. The number of ether oxygens (including phenoxy) is 1. The number of benzene rings is 3. The molecule has 0 aliphatic carbocycles. The van der Waals surface area contributed by atoms with Gasteiger partial charge in [0, 0.05) is 17.9 Å². The first-order valence-corrected chi connectivity index (χ1v) is 12.1. The number of carbonyl (C=O) groups is 4. The Morgan fingerprint density at radius 1 is 0.811 bits per heavy atom. The molecule has 1 heterocycles. The van der Waals surface area contributed by atoms with E-state index in [0.29, 0.717) is 28.9 Å². The number of nitrogens with one attached hydrogen (secondary N) is 2. The molecule has 2 N–H and O–H groups in total. The van der Waals surface area contributed by atoms with E-state index >= 15 is 0 Å². The molecule has 37 heavy (non-hydrogen) atoms. The number of nitrogens with zero attached hydrogens (tertiary/aromatic N) is 1. The van der Waals surface area contributed by atoms with E-state index in [4.69, 9.17) is 4.74 Å². The van der Waals surface area contributed by atoms with Gasteiger partial charge in [0.1, 0.15) is 0 Å². The summed E-state index contributed by atoms with van der Waals surface area (Å²) in [5.74, 6) is -1.86. The second-order valence-electron chi connectivity index (χ2n) is 9.07. The van der Waals surface area contributed by atoms with Crippen LogP contribution in [0, 0.1) is 19.8 Å². The van der Waals surface area contributed by atoms with Crippen LogP contribution in [0.15, 0.2) is 60.7 Å². The van der Waals surface area contributed by atoms with Crippen molar-refractivity contribution in [2.45, 2.75) is 27.2 Å². The van der Waals surface area contributed by atoms with Gasteiger partial charge in [0.25, 0.3) is 11.8 Å². The zero-order valence-corrected chi connectivity index (χ0v) is 21.3. The number of amides is 4. The van der Waals surface area contributed by atoms with Crippen LogP contribution in [0.5, 0.6) is 0 Å². The number of esters is 1. The molecule has 1 aliphatic heterocycles. The number of anilines is 2. The molecule has 0 aromatic heterocycles. The van der Waals surface area contributed by atoms with Crippen LogP contribution in [0.1, 0.15) is 45.2 Å². The normalized spacial score (nSPS) is 13.2. The molecule has 1 unspecified atom stereocenters. The summed E-state index contributed by atoms with van der Waals surface area (Å²) in [5, 5.41) is 5.63. The maximum atomic E-state index is 13.0. The SMILES string of the molecule is CCC(CN1C(=O)c2ccc(-c3ccc(NC(=O)Nc4ccc(C)c(C)c4)cc3)cc2C1=O)C(=O)OC. The van der Waals surface area contributed by atoms with E-state index in [1.807, 2.05) is 51.1 Å². The molecule has 4 rings (SSSR count). The molecular weight excluding hydrogens is 470 g/mol. The molecule has 1 atom stereocenters. The van der Waals surface area contributed by atoms with Crippen molar-refractivity contribution in [1.82, 2.24) is 4.90 Å². The first kappa shape index (κ1) is 25.6. The van der Waals surface area contributed by atoms with Gasteiger partial charge in [-0.3, -0.25) is 19.3 Å². The molecular formula is C29H29N3O5. The number of carbonyl (C=O) groups excluding carboxylic acids is 4. The Morgan fingerprint density at radius 3 is 2.08 bits per heavy atom. The van der Waals surface area contributed by atoms with E-state index in [-0.39, 0.29) is 12.6 Å². The Bertz CT molecular complexity index is 1380. The summed E-state index contributed by atoms with van der Waals surface area (Å²) in [5.41, 5.74) is 5.76. The molecule has 3 aromatic rings. The highest BCUT2D eigenvalue weighted by atomic mass is 16.5. The van der Waals surface area contributed by atoms with E-state index in [2.05, 4.69) is 10.6 Å². The summed E-state index contributed by atoms with van der Waals surface area (Å²) in [7, 11) is 1.29. The van der Waals surface area contributed by atoms with Gasteiger partial charge in [0.2, 0.25) is 0 Å². The number of hydrogen-bond donors (Lipinski definition) is 2. The Balaban J connectivity index is 1.45.